The Morgan fingerprint density at radius 2 is 2.21 bits per heavy atom. The van der Waals surface area contributed by atoms with Gasteiger partial charge in [-0.3, -0.25) is 4.57 Å². The molecule has 0 aliphatic carbocycles. The van der Waals surface area contributed by atoms with Crippen molar-refractivity contribution in [2.24, 2.45) is 5.73 Å². The fourth-order valence-corrected chi connectivity index (χ4v) is 1.93. The topological polar surface area (TPSA) is 70.1 Å². The zero-order chi connectivity index (χ0) is 13.8. The summed E-state index contributed by atoms with van der Waals surface area (Å²) in [6.07, 6.45) is 3.36. The highest BCUT2D eigenvalue weighted by molar-refractivity contribution is 5.37. The second kappa shape index (κ2) is 5.67. The molecule has 0 unspecified atom stereocenters. The van der Waals surface area contributed by atoms with E-state index in [1.807, 2.05) is 25.1 Å². The van der Waals surface area contributed by atoms with E-state index in [1.54, 1.807) is 24.1 Å². The largest absolute Gasteiger partial charge is 0.496 e. The number of aryl methyl sites for hydroxylation is 1. The van der Waals surface area contributed by atoms with Gasteiger partial charge in [-0.2, -0.15) is 0 Å². The number of rotatable bonds is 4. The zero-order valence-corrected chi connectivity index (χ0v) is 11.1. The number of aromatic nitrogens is 2. The molecule has 5 nitrogen and oxygen atoms in total. The molecule has 5 heteroatoms. The number of ether oxygens (including phenoxy) is 1. The molecule has 0 aliphatic heterocycles. The first-order valence-electron chi connectivity index (χ1n) is 6.03. The number of nitrogens with two attached hydrogens (primary N) is 1. The Morgan fingerprint density at radius 3 is 2.89 bits per heavy atom. The molecule has 0 saturated carbocycles. The van der Waals surface area contributed by atoms with Crippen LogP contribution in [0.25, 0.3) is 0 Å². The Kier molecular flexibility index (Phi) is 3.97. The van der Waals surface area contributed by atoms with Crippen LogP contribution in [-0.2, 0) is 13.1 Å². The van der Waals surface area contributed by atoms with E-state index < -0.39 is 0 Å². The van der Waals surface area contributed by atoms with E-state index >= 15 is 0 Å². The van der Waals surface area contributed by atoms with Gasteiger partial charge in [-0.1, -0.05) is 12.1 Å². The first-order valence-corrected chi connectivity index (χ1v) is 6.03. The lowest BCUT2D eigenvalue weighted by molar-refractivity contribution is 0.409. The quantitative estimate of drug-likeness (QED) is 0.891. The molecule has 1 aromatic carbocycles. The minimum atomic E-state index is -0.257. The maximum Gasteiger partial charge on any atom is 0.347 e. The van der Waals surface area contributed by atoms with Gasteiger partial charge in [-0.25, -0.2) is 9.78 Å². The molecule has 100 valence electrons. The predicted molar refractivity (Wildman–Crippen MR) is 73.2 cm³/mol. The Labute approximate surface area is 111 Å². The summed E-state index contributed by atoms with van der Waals surface area (Å²) >= 11 is 0. The fraction of sp³-hybridized carbons (Fsp3) is 0.286. The molecule has 0 bridgehead atoms. The van der Waals surface area contributed by atoms with Gasteiger partial charge in [-0.15, -0.1) is 0 Å². The molecule has 1 aromatic heterocycles. The lowest BCUT2D eigenvalue weighted by Gasteiger charge is -2.10. The molecule has 0 saturated heterocycles. The van der Waals surface area contributed by atoms with Gasteiger partial charge >= 0.3 is 5.69 Å². The Bertz CT molecular complexity index is 635. The van der Waals surface area contributed by atoms with Crippen molar-refractivity contribution < 1.29 is 4.74 Å². The van der Waals surface area contributed by atoms with Gasteiger partial charge < -0.3 is 10.5 Å². The molecule has 2 aromatic rings. The van der Waals surface area contributed by atoms with Gasteiger partial charge in [0.1, 0.15) is 5.75 Å². The standard InChI is InChI=1S/C14H17N3O2/c1-10-7-16-14(18)17(8-10)9-11-3-4-12(6-15)13(5-11)19-2/h3-5,7-8H,6,9,15H2,1-2H3. The van der Waals surface area contributed by atoms with E-state index in [-0.39, 0.29) is 5.69 Å². The third-order valence-corrected chi connectivity index (χ3v) is 2.91. The Hall–Kier alpha value is -2.14. The SMILES string of the molecule is COc1cc(Cn2cc(C)cnc2=O)ccc1CN. The Morgan fingerprint density at radius 1 is 1.42 bits per heavy atom. The van der Waals surface area contributed by atoms with Crippen LogP contribution in [0.2, 0.25) is 0 Å². The summed E-state index contributed by atoms with van der Waals surface area (Å²) < 4.78 is 6.86. The van der Waals surface area contributed by atoms with Gasteiger partial charge in [0.15, 0.2) is 0 Å². The van der Waals surface area contributed by atoms with E-state index in [1.165, 1.54) is 0 Å². The molecule has 0 radical (unpaired) electrons. The lowest BCUT2D eigenvalue weighted by atomic mass is 10.1. The van der Waals surface area contributed by atoms with Crippen molar-refractivity contribution in [1.82, 2.24) is 9.55 Å². The van der Waals surface area contributed by atoms with Crippen molar-refractivity contribution in [1.29, 1.82) is 0 Å². The number of hydrogen-bond donors (Lipinski definition) is 1. The molecule has 2 N–H and O–H groups in total. The van der Waals surface area contributed by atoms with Crippen LogP contribution in [0.3, 0.4) is 0 Å². The van der Waals surface area contributed by atoms with Crippen LogP contribution in [0, 0.1) is 6.92 Å². The number of nitrogens with zero attached hydrogens (tertiary/aromatic N) is 2. The maximum absolute atomic E-state index is 11.7. The van der Waals surface area contributed by atoms with Crippen LogP contribution in [0.1, 0.15) is 16.7 Å². The summed E-state index contributed by atoms with van der Waals surface area (Å²) in [5.41, 5.74) is 8.24. The van der Waals surface area contributed by atoms with Crippen molar-refractivity contribution in [3.8, 4) is 5.75 Å². The number of hydrogen-bond acceptors (Lipinski definition) is 4. The van der Waals surface area contributed by atoms with Crippen LogP contribution in [0.15, 0.2) is 35.4 Å². The third kappa shape index (κ3) is 3.00. The molecule has 0 amide bonds. The summed E-state index contributed by atoms with van der Waals surface area (Å²) in [7, 11) is 1.61. The van der Waals surface area contributed by atoms with Crippen LogP contribution >= 0.6 is 0 Å². The smallest absolute Gasteiger partial charge is 0.347 e. The minimum Gasteiger partial charge on any atom is -0.496 e. The summed E-state index contributed by atoms with van der Waals surface area (Å²) in [6.45, 7) is 2.80. The van der Waals surface area contributed by atoms with Crippen molar-refractivity contribution in [3.05, 3.63) is 57.8 Å². The monoisotopic (exact) mass is 259 g/mol. The zero-order valence-electron chi connectivity index (χ0n) is 11.1. The second-order valence-corrected chi connectivity index (χ2v) is 4.39. The molecule has 0 spiro atoms. The van der Waals surface area contributed by atoms with E-state index in [0.717, 1.165) is 22.4 Å². The van der Waals surface area contributed by atoms with Gasteiger partial charge in [-0.05, 0) is 24.1 Å². The average molecular weight is 259 g/mol. The molecule has 0 atom stereocenters. The lowest BCUT2D eigenvalue weighted by Crippen LogP contribution is -2.22. The number of benzene rings is 1. The molecule has 0 fully saturated rings. The third-order valence-electron chi connectivity index (χ3n) is 2.91. The molecule has 19 heavy (non-hydrogen) atoms. The summed E-state index contributed by atoms with van der Waals surface area (Å²) in [5, 5.41) is 0. The second-order valence-electron chi connectivity index (χ2n) is 4.39. The first-order chi connectivity index (χ1) is 9.13. The Balaban J connectivity index is 2.33. The fourth-order valence-electron chi connectivity index (χ4n) is 1.93. The van der Waals surface area contributed by atoms with Crippen molar-refractivity contribution in [2.45, 2.75) is 20.0 Å². The van der Waals surface area contributed by atoms with Gasteiger partial charge in [0.05, 0.1) is 13.7 Å². The molecular weight excluding hydrogens is 242 g/mol. The van der Waals surface area contributed by atoms with Crippen LogP contribution in [0.5, 0.6) is 5.75 Å². The van der Waals surface area contributed by atoms with Gasteiger partial charge in [0.2, 0.25) is 0 Å². The van der Waals surface area contributed by atoms with Crippen LogP contribution in [0.4, 0.5) is 0 Å². The normalized spacial score (nSPS) is 10.5. The van der Waals surface area contributed by atoms with E-state index in [9.17, 15) is 4.79 Å². The van der Waals surface area contributed by atoms with Gasteiger partial charge in [0, 0.05) is 24.5 Å². The van der Waals surface area contributed by atoms with E-state index in [0.29, 0.717) is 13.1 Å². The molecular formula is C14H17N3O2. The molecule has 2 rings (SSSR count). The van der Waals surface area contributed by atoms with Crippen LogP contribution in [-0.4, -0.2) is 16.7 Å². The number of methoxy groups -OCH3 is 1. The van der Waals surface area contributed by atoms with Gasteiger partial charge in [0.25, 0.3) is 0 Å². The summed E-state index contributed by atoms with van der Waals surface area (Å²) in [5.74, 6) is 0.744. The van der Waals surface area contributed by atoms with E-state index in [2.05, 4.69) is 4.98 Å². The van der Waals surface area contributed by atoms with Crippen molar-refractivity contribution in [3.63, 3.8) is 0 Å². The highest BCUT2D eigenvalue weighted by Gasteiger charge is 2.05. The molecule has 0 aliphatic rings. The van der Waals surface area contributed by atoms with Crippen LogP contribution < -0.4 is 16.2 Å². The maximum atomic E-state index is 11.7. The highest BCUT2D eigenvalue weighted by atomic mass is 16.5. The van der Waals surface area contributed by atoms with Crippen molar-refractivity contribution in [2.75, 3.05) is 7.11 Å². The van der Waals surface area contributed by atoms with E-state index in [4.69, 9.17) is 10.5 Å². The average Bonchev–Trinajstić information content (AvgIpc) is 2.42. The molecule has 1 heterocycles. The highest BCUT2D eigenvalue weighted by Crippen LogP contribution is 2.20. The minimum absolute atomic E-state index is 0.257. The van der Waals surface area contributed by atoms with Crippen molar-refractivity contribution >= 4 is 0 Å². The first kappa shape index (κ1) is 13.3. The summed E-state index contributed by atoms with van der Waals surface area (Å²) in [4.78, 5) is 15.5. The predicted octanol–water partition coefficient (Wildman–Crippen LogP) is 1.07. The summed E-state index contributed by atoms with van der Waals surface area (Å²) in [6, 6.07) is 5.76.